The second kappa shape index (κ2) is 6.04. The van der Waals surface area contributed by atoms with Crippen molar-refractivity contribution in [3.05, 3.63) is 62.5 Å². The quantitative estimate of drug-likeness (QED) is 0.480. The summed E-state index contributed by atoms with van der Waals surface area (Å²) < 4.78 is 0. The Morgan fingerprint density at radius 1 is 1.33 bits per heavy atom. The molecule has 0 spiro atoms. The molecule has 0 saturated carbocycles. The molecule has 2 rings (SSSR count). The van der Waals surface area contributed by atoms with Crippen LogP contribution in [-0.2, 0) is 5.41 Å². The Balaban J connectivity index is 2.57. The van der Waals surface area contributed by atoms with Crippen LogP contribution in [0.2, 0.25) is 10.0 Å². The van der Waals surface area contributed by atoms with Gasteiger partial charge in [-0.05, 0) is 36.3 Å². The highest BCUT2D eigenvalue weighted by molar-refractivity contribution is 7.84. The van der Waals surface area contributed by atoms with Gasteiger partial charge in [0.05, 0.1) is 5.69 Å². The summed E-state index contributed by atoms with van der Waals surface area (Å²) in [6.07, 6.45) is 5.76. The minimum absolute atomic E-state index is 0.274. The minimum atomic E-state index is -0.274. The highest BCUT2D eigenvalue weighted by atomic mass is 35.5. The van der Waals surface area contributed by atoms with Gasteiger partial charge in [-0.25, -0.2) is 0 Å². The Labute approximate surface area is 141 Å². The van der Waals surface area contributed by atoms with E-state index in [4.69, 9.17) is 23.2 Å². The fraction of sp³-hybridized carbons (Fsp3) is 0.235. The number of nitrogens with zero attached hydrogens (tertiary/aromatic N) is 1. The first kappa shape index (κ1) is 16.4. The van der Waals surface area contributed by atoms with Crippen LogP contribution in [-0.4, -0.2) is 6.21 Å². The molecule has 0 saturated heterocycles. The minimum Gasteiger partial charge on any atom is -0.256 e. The van der Waals surface area contributed by atoms with Crippen LogP contribution in [0.1, 0.15) is 26.3 Å². The number of allylic oxidation sites excluding steroid dienone is 4. The van der Waals surface area contributed by atoms with Gasteiger partial charge in [0.15, 0.2) is 0 Å². The van der Waals surface area contributed by atoms with Crippen LogP contribution < -0.4 is 0 Å². The molecule has 110 valence electrons. The Bertz CT molecular complexity index is 697. The second-order valence-electron chi connectivity index (χ2n) is 5.46. The zero-order valence-corrected chi connectivity index (χ0v) is 14.7. The highest BCUT2D eigenvalue weighted by Crippen LogP contribution is 2.46. The number of hydrogen-bond donors (Lipinski definition) is 1. The highest BCUT2D eigenvalue weighted by Gasteiger charge is 2.32. The van der Waals surface area contributed by atoms with Crippen LogP contribution in [0, 0.1) is 0 Å². The number of fused-ring (bicyclic) bond motifs is 1. The lowest BCUT2D eigenvalue weighted by molar-refractivity contribution is 0.646. The standard InChI is InChI=1S/C17H17Cl2NS/c1-5-15(21)10(2)6-11-9-20-14-8-12(18)7-13(19)16(14)17(11,3)4/h5-9,21H,2H2,1,3-4H3/b11-6+,15-5+. The summed E-state index contributed by atoms with van der Waals surface area (Å²) in [5.41, 5.74) is 3.42. The van der Waals surface area contributed by atoms with E-state index in [0.717, 1.165) is 27.3 Å². The first-order valence-corrected chi connectivity index (χ1v) is 7.78. The average Bonchev–Trinajstić information content (AvgIpc) is 2.39. The van der Waals surface area contributed by atoms with Gasteiger partial charge in [0, 0.05) is 32.1 Å². The van der Waals surface area contributed by atoms with Crippen LogP contribution in [0.5, 0.6) is 0 Å². The zero-order valence-electron chi connectivity index (χ0n) is 12.2. The topological polar surface area (TPSA) is 12.4 Å². The lowest BCUT2D eigenvalue weighted by Gasteiger charge is -2.32. The molecular formula is C17H17Cl2NS. The van der Waals surface area contributed by atoms with Gasteiger partial charge in [-0.15, -0.1) is 12.6 Å². The number of halogens is 2. The van der Waals surface area contributed by atoms with Gasteiger partial charge in [0.25, 0.3) is 0 Å². The molecule has 0 fully saturated rings. The molecule has 1 aliphatic rings. The summed E-state index contributed by atoms with van der Waals surface area (Å²) in [7, 11) is 0. The van der Waals surface area contributed by atoms with Crippen molar-refractivity contribution in [2.24, 2.45) is 4.99 Å². The van der Waals surface area contributed by atoms with Crippen LogP contribution >= 0.6 is 35.8 Å². The number of hydrogen-bond acceptors (Lipinski definition) is 2. The Morgan fingerprint density at radius 2 is 2.00 bits per heavy atom. The molecule has 0 radical (unpaired) electrons. The monoisotopic (exact) mass is 337 g/mol. The lowest BCUT2D eigenvalue weighted by Crippen LogP contribution is -2.25. The van der Waals surface area contributed by atoms with Crippen molar-refractivity contribution in [1.29, 1.82) is 0 Å². The largest absolute Gasteiger partial charge is 0.256 e. The molecule has 1 nitrogen and oxygen atoms in total. The van der Waals surface area contributed by atoms with E-state index in [1.807, 2.05) is 31.4 Å². The molecule has 0 aliphatic carbocycles. The average molecular weight is 338 g/mol. The number of benzene rings is 1. The first-order chi connectivity index (χ1) is 9.77. The fourth-order valence-corrected chi connectivity index (χ4v) is 3.17. The SMILES string of the molecule is C=C(/C=C1\C=Nc2cc(Cl)cc(Cl)c2C1(C)C)/C(S)=C\C. The Kier molecular flexibility index (Phi) is 4.72. The maximum Gasteiger partial charge on any atom is 0.0700 e. The summed E-state index contributed by atoms with van der Waals surface area (Å²) >= 11 is 16.8. The van der Waals surface area contributed by atoms with Crippen molar-refractivity contribution in [1.82, 2.24) is 0 Å². The fourth-order valence-electron chi connectivity index (χ4n) is 2.39. The molecular weight excluding hydrogens is 321 g/mol. The molecule has 0 amide bonds. The smallest absolute Gasteiger partial charge is 0.0700 e. The summed E-state index contributed by atoms with van der Waals surface area (Å²) in [5, 5.41) is 1.23. The van der Waals surface area contributed by atoms with Gasteiger partial charge in [-0.1, -0.05) is 49.7 Å². The zero-order chi connectivity index (χ0) is 15.8. The van der Waals surface area contributed by atoms with E-state index in [1.54, 1.807) is 6.07 Å². The van der Waals surface area contributed by atoms with Gasteiger partial charge in [-0.3, -0.25) is 4.99 Å². The Hall–Kier alpha value is -0.960. The Morgan fingerprint density at radius 3 is 2.62 bits per heavy atom. The van der Waals surface area contributed by atoms with Crippen LogP contribution in [0.4, 0.5) is 5.69 Å². The molecule has 21 heavy (non-hydrogen) atoms. The van der Waals surface area contributed by atoms with Crippen molar-refractivity contribution in [3.8, 4) is 0 Å². The molecule has 1 heterocycles. The lowest BCUT2D eigenvalue weighted by atomic mass is 9.75. The molecule has 0 atom stereocenters. The molecule has 0 bridgehead atoms. The third kappa shape index (κ3) is 3.13. The molecule has 1 aliphatic heterocycles. The van der Waals surface area contributed by atoms with Crippen molar-refractivity contribution in [2.45, 2.75) is 26.2 Å². The third-order valence-electron chi connectivity index (χ3n) is 3.66. The number of thiol groups is 1. The van der Waals surface area contributed by atoms with E-state index in [9.17, 15) is 0 Å². The van der Waals surface area contributed by atoms with Crippen molar-refractivity contribution in [3.63, 3.8) is 0 Å². The summed E-state index contributed by atoms with van der Waals surface area (Å²) in [4.78, 5) is 5.33. The van der Waals surface area contributed by atoms with E-state index in [-0.39, 0.29) is 5.41 Å². The van der Waals surface area contributed by atoms with Crippen molar-refractivity contribution in [2.75, 3.05) is 0 Å². The maximum atomic E-state index is 6.39. The predicted molar refractivity (Wildman–Crippen MR) is 97.6 cm³/mol. The number of rotatable bonds is 2. The van der Waals surface area contributed by atoms with Crippen LogP contribution in [0.15, 0.2) is 51.9 Å². The van der Waals surface area contributed by atoms with E-state index in [1.165, 1.54) is 0 Å². The number of aliphatic imine (C=N–C) groups is 1. The molecule has 0 aromatic heterocycles. The normalized spacial score (nSPS) is 18.8. The van der Waals surface area contributed by atoms with E-state index in [2.05, 4.69) is 38.0 Å². The van der Waals surface area contributed by atoms with Gasteiger partial charge in [-0.2, -0.15) is 0 Å². The summed E-state index contributed by atoms with van der Waals surface area (Å²) in [6, 6.07) is 3.59. The maximum absolute atomic E-state index is 6.39. The summed E-state index contributed by atoms with van der Waals surface area (Å²) in [6.45, 7) is 10.2. The second-order valence-corrected chi connectivity index (χ2v) is 6.79. The van der Waals surface area contributed by atoms with Crippen molar-refractivity contribution < 1.29 is 0 Å². The van der Waals surface area contributed by atoms with E-state index >= 15 is 0 Å². The van der Waals surface area contributed by atoms with Crippen LogP contribution in [0.3, 0.4) is 0 Å². The third-order valence-corrected chi connectivity index (χ3v) is 4.72. The summed E-state index contributed by atoms with van der Waals surface area (Å²) in [5.74, 6) is 0. The van der Waals surface area contributed by atoms with E-state index < -0.39 is 0 Å². The van der Waals surface area contributed by atoms with Gasteiger partial charge in [0.1, 0.15) is 0 Å². The molecule has 1 aromatic carbocycles. The molecule has 1 aromatic rings. The van der Waals surface area contributed by atoms with Crippen LogP contribution in [0.25, 0.3) is 0 Å². The van der Waals surface area contributed by atoms with Crippen molar-refractivity contribution >= 4 is 47.7 Å². The van der Waals surface area contributed by atoms with Gasteiger partial charge >= 0.3 is 0 Å². The first-order valence-electron chi connectivity index (χ1n) is 6.57. The molecule has 0 unspecified atom stereocenters. The molecule has 4 heteroatoms. The predicted octanol–water partition coefficient (Wildman–Crippen LogP) is 6.30. The molecule has 0 N–H and O–H groups in total. The van der Waals surface area contributed by atoms with Gasteiger partial charge in [0.2, 0.25) is 0 Å². The van der Waals surface area contributed by atoms with E-state index in [0.29, 0.717) is 10.0 Å². The van der Waals surface area contributed by atoms with Gasteiger partial charge < -0.3 is 0 Å².